The van der Waals surface area contributed by atoms with Crippen LogP contribution in [-0.4, -0.2) is 46.3 Å². The Labute approximate surface area is 155 Å². The van der Waals surface area contributed by atoms with Gasteiger partial charge in [-0.2, -0.15) is 5.10 Å². The van der Waals surface area contributed by atoms with Gasteiger partial charge in [0.2, 0.25) is 0 Å². The quantitative estimate of drug-likeness (QED) is 0.846. The van der Waals surface area contributed by atoms with Crippen molar-refractivity contribution >= 4 is 11.6 Å². The second kappa shape index (κ2) is 6.18. The SMILES string of the molecule is Cc1nc2c(c(N(C)C3CN(c4ccc(C(C)(C)C)nn4)C3)n1)CCC2. The van der Waals surface area contributed by atoms with Crippen LogP contribution >= 0.6 is 0 Å². The van der Waals surface area contributed by atoms with Gasteiger partial charge in [-0.1, -0.05) is 20.8 Å². The Kier molecular flexibility index (Phi) is 4.09. The van der Waals surface area contributed by atoms with Gasteiger partial charge in [0.25, 0.3) is 0 Å². The molecular weight excluding hydrogens is 324 g/mol. The highest BCUT2D eigenvalue weighted by atomic mass is 15.4. The molecule has 0 bridgehead atoms. The summed E-state index contributed by atoms with van der Waals surface area (Å²) in [5.41, 5.74) is 3.67. The summed E-state index contributed by atoms with van der Waals surface area (Å²) in [6, 6.07) is 4.65. The average molecular weight is 352 g/mol. The van der Waals surface area contributed by atoms with E-state index in [4.69, 9.17) is 4.98 Å². The maximum absolute atomic E-state index is 4.75. The first-order chi connectivity index (χ1) is 12.3. The van der Waals surface area contributed by atoms with Crippen LogP contribution < -0.4 is 9.80 Å². The van der Waals surface area contributed by atoms with Crippen molar-refractivity contribution in [2.75, 3.05) is 29.9 Å². The van der Waals surface area contributed by atoms with E-state index in [0.717, 1.165) is 49.1 Å². The minimum atomic E-state index is 0.0362. The first-order valence-electron chi connectivity index (χ1n) is 9.51. The third-order valence-corrected chi connectivity index (χ3v) is 5.51. The van der Waals surface area contributed by atoms with Crippen molar-refractivity contribution in [1.82, 2.24) is 20.2 Å². The molecule has 2 aromatic heterocycles. The lowest BCUT2D eigenvalue weighted by Crippen LogP contribution is -2.59. The number of nitrogens with zero attached hydrogens (tertiary/aromatic N) is 6. The predicted molar refractivity (Wildman–Crippen MR) is 104 cm³/mol. The molecule has 0 saturated carbocycles. The van der Waals surface area contributed by atoms with E-state index in [1.54, 1.807) is 0 Å². The van der Waals surface area contributed by atoms with E-state index in [1.807, 2.05) is 6.92 Å². The third-order valence-electron chi connectivity index (χ3n) is 5.51. The highest BCUT2D eigenvalue weighted by Crippen LogP contribution is 2.31. The van der Waals surface area contributed by atoms with Gasteiger partial charge in [-0.3, -0.25) is 0 Å². The van der Waals surface area contributed by atoms with Crippen LogP contribution in [0.15, 0.2) is 12.1 Å². The fourth-order valence-corrected chi connectivity index (χ4v) is 3.78. The molecule has 2 aliphatic rings. The van der Waals surface area contributed by atoms with Crippen LogP contribution in [0.2, 0.25) is 0 Å². The van der Waals surface area contributed by atoms with Crippen molar-refractivity contribution in [2.45, 2.75) is 58.4 Å². The summed E-state index contributed by atoms with van der Waals surface area (Å²) >= 11 is 0. The van der Waals surface area contributed by atoms with Crippen LogP contribution in [0.1, 0.15) is 50.0 Å². The minimum absolute atomic E-state index is 0.0362. The van der Waals surface area contributed by atoms with E-state index in [1.165, 1.54) is 17.7 Å². The van der Waals surface area contributed by atoms with Crippen LogP contribution in [0, 0.1) is 6.92 Å². The molecule has 0 spiro atoms. The number of aromatic nitrogens is 4. The number of hydrogen-bond donors (Lipinski definition) is 0. The number of likely N-dealkylation sites (N-methyl/N-ethyl adjacent to an activating group) is 1. The molecule has 0 atom stereocenters. The van der Waals surface area contributed by atoms with Gasteiger partial charge in [-0.05, 0) is 38.3 Å². The molecule has 26 heavy (non-hydrogen) atoms. The molecule has 1 aliphatic carbocycles. The van der Waals surface area contributed by atoms with E-state index >= 15 is 0 Å². The van der Waals surface area contributed by atoms with Gasteiger partial charge in [0.15, 0.2) is 5.82 Å². The summed E-state index contributed by atoms with van der Waals surface area (Å²) in [5, 5.41) is 8.85. The van der Waals surface area contributed by atoms with E-state index in [0.29, 0.717) is 6.04 Å². The Hall–Kier alpha value is -2.24. The Morgan fingerprint density at radius 1 is 1.08 bits per heavy atom. The molecule has 0 radical (unpaired) electrons. The molecule has 3 heterocycles. The zero-order valence-electron chi connectivity index (χ0n) is 16.5. The van der Waals surface area contributed by atoms with Crippen molar-refractivity contribution in [2.24, 2.45) is 0 Å². The summed E-state index contributed by atoms with van der Waals surface area (Å²) in [6.07, 6.45) is 3.39. The average Bonchev–Trinajstić information content (AvgIpc) is 3.00. The van der Waals surface area contributed by atoms with Gasteiger partial charge in [0.1, 0.15) is 11.6 Å². The van der Waals surface area contributed by atoms with Crippen molar-refractivity contribution in [3.8, 4) is 0 Å². The number of aryl methyl sites for hydroxylation is 2. The molecule has 1 fully saturated rings. The van der Waals surface area contributed by atoms with Gasteiger partial charge < -0.3 is 9.80 Å². The smallest absolute Gasteiger partial charge is 0.151 e. The molecular formula is C20H28N6. The standard InChI is InChI=1S/C20H28N6/c1-13-21-16-8-6-7-15(16)19(22-13)25(5)14-11-26(12-14)18-10-9-17(23-24-18)20(2,3)4/h9-10,14H,6-8,11-12H2,1-5H3. The van der Waals surface area contributed by atoms with E-state index < -0.39 is 0 Å². The fraction of sp³-hybridized carbons (Fsp3) is 0.600. The van der Waals surface area contributed by atoms with Gasteiger partial charge in [-0.15, -0.1) is 5.10 Å². The maximum Gasteiger partial charge on any atom is 0.151 e. The highest BCUT2D eigenvalue weighted by Gasteiger charge is 2.34. The lowest BCUT2D eigenvalue weighted by Gasteiger charge is -2.45. The molecule has 1 saturated heterocycles. The zero-order valence-corrected chi connectivity index (χ0v) is 16.5. The highest BCUT2D eigenvalue weighted by molar-refractivity contribution is 5.54. The largest absolute Gasteiger partial charge is 0.353 e. The molecule has 2 aromatic rings. The summed E-state index contributed by atoms with van der Waals surface area (Å²) in [5.74, 6) is 2.97. The van der Waals surface area contributed by atoms with Crippen LogP contribution in [-0.2, 0) is 18.3 Å². The Bertz CT molecular complexity index is 802. The predicted octanol–water partition coefficient (Wildman–Crippen LogP) is 2.69. The number of rotatable bonds is 3. The van der Waals surface area contributed by atoms with Gasteiger partial charge in [-0.25, -0.2) is 9.97 Å². The molecule has 0 amide bonds. The second-order valence-corrected chi connectivity index (χ2v) is 8.57. The molecule has 0 N–H and O–H groups in total. The van der Waals surface area contributed by atoms with Crippen molar-refractivity contribution in [1.29, 1.82) is 0 Å². The summed E-state index contributed by atoms with van der Waals surface area (Å²) in [6.45, 7) is 10.4. The second-order valence-electron chi connectivity index (χ2n) is 8.57. The summed E-state index contributed by atoms with van der Waals surface area (Å²) in [7, 11) is 2.16. The molecule has 0 aromatic carbocycles. The normalized spacial score (nSPS) is 17.2. The number of anilines is 2. The zero-order chi connectivity index (χ0) is 18.5. The fourth-order valence-electron chi connectivity index (χ4n) is 3.78. The molecule has 6 heteroatoms. The molecule has 6 nitrogen and oxygen atoms in total. The number of hydrogen-bond acceptors (Lipinski definition) is 6. The monoisotopic (exact) mass is 352 g/mol. The lowest BCUT2D eigenvalue weighted by atomic mass is 9.92. The van der Waals surface area contributed by atoms with E-state index in [-0.39, 0.29) is 5.41 Å². The Balaban J connectivity index is 1.45. The van der Waals surface area contributed by atoms with Crippen LogP contribution in [0.3, 0.4) is 0 Å². The lowest BCUT2D eigenvalue weighted by molar-refractivity contribution is 0.484. The Morgan fingerprint density at radius 3 is 2.50 bits per heavy atom. The number of fused-ring (bicyclic) bond motifs is 1. The summed E-state index contributed by atoms with van der Waals surface area (Å²) in [4.78, 5) is 14.0. The van der Waals surface area contributed by atoms with Crippen molar-refractivity contribution in [3.05, 3.63) is 34.9 Å². The van der Waals surface area contributed by atoms with Crippen LogP contribution in [0.4, 0.5) is 11.6 Å². The molecule has 0 unspecified atom stereocenters. The van der Waals surface area contributed by atoms with Crippen LogP contribution in [0.5, 0.6) is 0 Å². The van der Waals surface area contributed by atoms with Gasteiger partial charge in [0, 0.05) is 36.8 Å². The van der Waals surface area contributed by atoms with E-state index in [2.05, 4.69) is 64.9 Å². The topological polar surface area (TPSA) is 58.0 Å². The minimum Gasteiger partial charge on any atom is -0.353 e. The first-order valence-corrected chi connectivity index (χ1v) is 9.51. The van der Waals surface area contributed by atoms with Gasteiger partial charge >= 0.3 is 0 Å². The van der Waals surface area contributed by atoms with Crippen molar-refractivity contribution < 1.29 is 0 Å². The third kappa shape index (κ3) is 3.02. The maximum atomic E-state index is 4.75. The summed E-state index contributed by atoms with van der Waals surface area (Å²) < 4.78 is 0. The molecule has 138 valence electrons. The molecule has 4 rings (SSSR count). The van der Waals surface area contributed by atoms with E-state index in [9.17, 15) is 0 Å². The van der Waals surface area contributed by atoms with Crippen molar-refractivity contribution in [3.63, 3.8) is 0 Å². The molecule has 1 aliphatic heterocycles. The first kappa shape index (κ1) is 17.2. The van der Waals surface area contributed by atoms with Gasteiger partial charge in [0.05, 0.1) is 11.7 Å². The van der Waals surface area contributed by atoms with Crippen LogP contribution in [0.25, 0.3) is 0 Å². The Morgan fingerprint density at radius 2 is 1.85 bits per heavy atom.